The lowest BCUT2D eigenvalue weighted by atomic mass is 10.2. The summed E-state index contributed by atoms with van der Waals surface area (Å²) in [6, 6.07) is 11.0. The monoisotopic (exact) mass is 507 g/mol. The van der Waals surface area contributed by atoms with E-state index < -0.39 is 46.3 Å². The van der Waals surface area contributed by atoms with Crippen molar-refractivity contribution in [2.24, 2.45) is 0 Å². The molecule has 31 heavy (non-hydrogen) atoms. The summed E-state index contributed by atoms with van der Waals surface area (Å²) in [6.45, 7) is -0.579. The van der Waals surface area contributed by atoms with Crippen LogP contribution in [0.4, 0.5) is 4.39 Å². The molecule has 0 fully saturated rings. The largest absolute Gasteiger partial charge is 0.460 e. The van der Waals surface area contributed by atoms with Gasteiger partial charge < -0.3 is 10.1 Å². The van der Waals surface area contributed by atoms with E-state index in [4.69, 9.17) is 49.1 Å². The average Bonchev–Trinajstić information content (AvgIpc) is 2.73. The minimum atomic E-state index is -4.51. The molecule has 166 valence electrons. The third-order valence-corrected chi connectivity index (χ3v) is 6.35. The van der Waals surface area contributed by atoms with Crippen LogP contribution in [0.5, 0.6) is 0 Å². The quantitative estimate of drug-likeness (QED) is 0.153. The summed E-state index contributed by atoms with van der Waals surface area (Å²) in [4.78, 5) is 11.5. The third-order valence-electron chi connectivity index (χ3n) is 3.80. The molecular weight excluding hydrogens is 492 g/mol. The molecule has 2 aromatic rings. The lowest BCUT2D eigenvalue weighted by Crippen LogP contribution is -2.28. The Morgan fingerprint density at radius 2 is 1.74 bits per heavy atom. The first-order valence-corrected chi connectivity index (χ1v) is 11.3. The highest BCUT2D eigenvalue weighted by Gasteiger charge is 2.28. The van der Waals surface area contributed by atoms with Gasteiger partial charge in [-0.15, -0.1) is 0 Å². The molecule has 0 unspecified atom stereocenters. The Morgan fingerprint density at radius 3 is 2.39 bits per heavy atom. The second kappa shape index (κ2) is 11.6. The van der Waals surface area contributed by atoms with Crippen LogP contribution in [0.3, 0.4) is 0 Å². The van der Waals surface area contributed by atoms with Crippen LogP contribution < -0.4 is 0 Å². The Kier molecular flexibility index (Phi) is 9.46. The summed E-state index contributed by atoms with van der Waals surface area (Å²) in [7, 11) is -4.51. The topological polar surface area (TPSA) is 93.5 Å². The molecule has 11 heteroatoms. The van der Waals surface area contributed by atoms with Crippen LogP contribution in [0, 0.1) is 5.41 Å². The Labute approximate surface area is 194 Å². The average molecular weight is 509 g/mol. The number of hydrogen-bond donors (Lipinski definition) is 1. The maximum Gasteiger partial charge on any atom is 0.330 e. The Balaban J connectivity index is 2.12. The fourth-order valence-electron chi connectivity index (χ4n) is 2.33. The smallest absolute Gasteiger partial charge is 0.330 e. The lowest BCUT2D eigenvalue weighted by molar-refractivity contribution is -0.140. The molecule has 1 N–H and O–H groups in total. The summed E-state index contributed by atoms with van der Waals surface area (Å²) in [5.41, 5.74) is 0.747. The van der Waals surface area contributed by atoms with Crippen molar-refractivity contribution in [3.8, 4) is 0 Å². The van der Waals surface area contributed by atoms with E-state index in [9.17, 15) is 17.6 Å². The Bertz CT molecular complexity index is 1060. The fraction of sp³-hybridized carbons (Fsp3) is 0.200. The van der Waals surface area contributed by atoms with Gasteiger partial charge in [-0.1, -0.05) is 65.1 Å². The normalized spacial score (nSPS) is 13.7. The number of halogens is 4. The van der Waals surface area contributed by atoms with Gasteiger partial charge in [0.05, 0.1) is 15.1 Å². The molecule has 6 nitrogen and oxygen atoms in total. The van der Waals surface area contributed by atoms with Crippen molar-refractivity contribution in [1.29, 1.82) is 5.41 Å². The maximum absolute atomic E-state index is 13.7. The molecule has 2 rings (SSSR count). The molecule has 0 bridgehead atoms. The Morgan fingerprint density at radius 1 is 1.10 bits per heavy atom. The van der Waals surface area contributed by atoms with Gasteiger partial charge >= 0.3 is 5.97 Å². The van der Waals surface area contributed by atoms with E-state index in [1.54, 1.807) is 24.3 Å². The summed E-state index contributed by atoms with van der Waals surface area (Å²) >= 11 is 17.6. The summed E-state index contributed by atoms with van der Waals surface area (Å²) in [5.74, 6) is -0.785. The van der Waals surface area contributed by atoms with Gasteiger partial charge in [0.15, 0.2) is 0 Å². The van der Waals surface area contributed by atoms with E-state index >= 15 is 0 Å². The lowest BCUT2D eigenvalue weighted by Gasteiger charge is -2.18. The Hall–Kier alpha value is -1.97. The molecule has 0 amide bonds. The molecular formula is C20H17Cl3FNO5S. The predicted octanol–water partition coefficient (Wildman–Crippen LogP) is 5.36. The first-order chi connectivity index (χ1) is 14.6. The fourth-order valence-corrected chi connectivity index (χ4v) is 4.38. The van der Waals surface area contributed by atoms with E-state index in [1.807, 2.05) is 6.07 Å². The first-order valence-electron chi connectivity index (χ1n) is 8.74. The van der Waals surface area contributed by atoms with Crippen LogP contribution in [-0.2, 0) is 23.8 Å². The summed E-state index contributed by atoms with van der Waals surface area (Å²) < 4.78 is 48.9. The van der Waals surface area contributed by atoms with Crippen LogP contribution in [0.2, 0.25) is 15.1 Å². The summed E-state index contributed by atoms with van der Waals surface area (Å²) in [5, 5.41) is 6.69. The van der Waals surface area contributed by atoms with Crippen LogP contribution in [0.15, 0.2) is 53.4 Å². The maximum atomic E-state index is 13.7. The highest BCUT2D eigenvalue weighted by atomic mass is 35.5. The van der Waals surface area contributed by atoms with E-state index in [0.29, 0.717) is 6.21 Å². The SMILES string of the molecule is N=C[C@@H](F)C[C@@H](COC(=O)/C=C/c1ccccc1)OS(=O)(=O)c1cc(Cl)c(Cl)cc1Cl. The molecule has 0 saturated carbocycles. The zero-order chi connectivity index (χ0) is 23.0. The molecule has 0 aliphatic heterocycles. The van der Waals surface area contributed by atoms with E-state index in [0.717, 1.165) is 23.8 Å². The van der Waals surface area contributed by atoms with Crippen LogP contribution in [0.1, 0.15) is 12.0 Å². The number of hydrogen-bond acceptors (Lipinski definition) is 6. The van der Waals surface area contributed by atoms with Crippen molar-refractivity contribution in [2.75, 3.05) is 6.61 Å². The molecule has 0 aliphatic rings. The molecule has 0 radical (unpaired) electrons. The van der Waals surface area contributed by atoms with Crippen LogP contribution in [-0.4, -0.2) is 39.5 Å². The number of alkyl halides is 1. The second-order valence-electron chi connectivity index (χ2n) is 6.16. The number of nitrogens with one attached hydrogen (secondary N) is 1. The number of benzene rings is 2. The van der Waals surface area contributed by atoms with Crippen molar-refractivity contribution < 1.29 is 26.5 Å². The molecule has 0 heterocycles. The number of carbonyl (C=O) groups is 1. The zero-order valence-corrected chi connectivity index (χ0v) is 18.9. The highest BCUT2D eigenvalue weighted by molar-refractivity contribution is 7.87. The molecule has 2 aromatic carbocycles. The highest BCUT2D eigenvalue weighted by Crippen LogP contribution is 2.33. The van der Waals surface area contributed by atoms with E-state index in [2.05, 4.69) is 0 Å². The number of esters is 1. The molecule has 0 aromatic heterocycles. The second-order valence-corrected chi connectivity index (χ2v) is 8.92. The van der Waals surface area contributed by atoms with Gasteiger partial charge in [0.2, 0.25) is 0 Å². The number of carbonyl (C=O) groups excluding carboxylic acids is 1. The third kappa shape index (κ3) is 7.90. The minimum absolute atomic E-state index is 0.0360. The van der Waals surface area contributed by atoms with Gasteiger partial charge in [0.25, 0.3) is 10.1 Å². The summed E-state index contributed by atoms with van der Waals surface area (Å²) in [6.07, 6.45) is -0.659. The zero-order valence-electron chi connectivity index (χ0n) is 15.8. The standard InChI is InChI=1S/C20H17Cl3FNO5S/c21-16-9-18(23)19(10-17(16)22)31(27,28)30-15(8-14(24)11-25)12-29-20(26)7-6-13-4-2-1-3-5-13/h1-7,9-11,14-15,25H,8,12H2/b7-6+,25-11?/t14-,15-/m0/s1. The van der Waals surface area contributed by atoms with Crippen molar-refractivity contribution in [2.45, 2.75) is 23.6 Å². The van der Waals surface area contributed by atoms with Gasteiger partial charge in [0, 0.05) is 18.7 Å². The number of ether oxygens (including phenoxy) is 1. The first kappa shape index (κ1) is 25.3. The van der Waals surface area contributed by atoms with Crippen molar-refractivity contribution in [3.63, 3.8) is 0 Å². The van der Waals surface area contributed by atoms with Crippen molar-refractivity contribution >= 4 is 63.2 Å². The van der Waals surface area contributed by atoms with E-state index in [-0.39, 0.29) is 15.1 Å². The van der Waals surface area contributed by atoms with Gasteiger partial charge in [0.1, 0.15) is 23.8 Å². The van der Waals surface area contributed by atoms with Gasteiger partial charge in [-0.05, 0) is 23.8 Å². The predicted molar refractivity (Wildman–Crippen MR) is 118 cm³/mol. The van der Waals surface area contributed by atoms with Crippen LogP contribution in [0.25, 0.3) is 6.08 Å². The molecule has 2 atom stereocenters. The molecule has 0 spiro atoms. The van der Waals surface area contributed by atoms with Gasteiger partial charge in [-0.3, -0.25) is 4.18 Å². The van der Waals surface area contributed by atoms with Gasteiger partial charge in [-0.25, -0.2) is 9.18 Å². The number of rotatable bonds is 10. The van der Waals surface area contributed by atoms with Gasteiger partial charge in [-0.2, -0.15) is 8.42 Å². The van der Waals surface area contributed by atoms with Crippen molar-refractivity contribution in [3.05, 3.63) is 69.2 Å². The molecule has 0 aliphatic carbocycles. The van der Waals surface area contributed by atoms with Crippen molar-refractivity contribution in [1.82, 2.24) is 0 Å². The van der Waals surface area contributed by atoms with Crippen LogP contribution >= 0.6 is 34.8 Å². The molecule has 0 saturated heterocycles. The minimum Gasteiger partial charge on any atom is -0.460 e. The van der Waals surface area contributed by atoms with E-state index in [1.165, 1.54) is 6.08 Å².